The van der Waals surface area contributed by atoms with Crippen LogP contribution in [0, 0.1) is 5.92 Å². The first kappa shape index (κ1) is 5.82. The Hall–Kier alpha value is 0.690. The molecular formula is C5H10IN. The molecule has 1 rings (SSSR count). The normalized spacial score (nSPS) is 31.3. The number of nitrogens with one attached hydrogen (secondary N) is 1. The average Bonchev–Trinajstić information content (AvgIpc) is 2.14. The van der Waals surface area contributed by atoms with Crippen LogP contribution < -0.4 is 5.32 Å². The van der Waals surface area contributed by atoms with Crippen LogP contribution in [0.2, 0.25) is 0 Å². The Labute approximate surface area is 58.0 Å². The van der Waals surface area contributed by atoms with Crippen molar-refractivity contribution >= 4 is 22.6 Å². The summed E-state index contributed by atoms with van der Waals surface area (Å²) in [5.41, 5.74) is 0. The van der Waals surface area contributed by atoms with Crippen molar-refractivity contribution in [3.63, 3.8) is 0 Å². The van der Waals surface area contributed by atoms with Gasteiger partial charge in [-0.3, -0.25) is 0 Å². The van der Waals surface area contributed by atoms with Crippen molar-refractivity contribution in [2.45, 2.75) is 6.42 Å². The lowest BCUT2D eigenvalue weighted by Crippen LogP contribution is -2.09. The summed E-state index contributed by atoms with van der Waals surface area (Å²) in [5, 5.41) is 3.32. The van der Waals surface area contributed by atoms with Crippen LogP contribution in [0.3, 0.4) is 0 Å². The van der Waals surface area contributed by atoms with Gasteiger partial charge in [-0.15, -0.1) is 0 Å². The second kappa shape index (κ2) is 2.87. The molecule has 7 heavy (non-hydrogen) atoms. The fraction of sp³-hybridized carbons (Fsp3) is 1.00. The maximum atomic E-state index is 3.32. The van der Waals surface area contributed by atoms with Gasteiger partial charge in [0.2, 0.25) is 0 Å². The van der Waals surface area contributed by atoms with Gasteiger partial charge in [-0.25, -0.2) is 0 Å². The lowest BCUT2D eigenvalue weighted by molar-refractivity contribution is 0.673. The quantitative estimate of drug-likeness (QED) is 0.504. The minimum atomic E-state index is 0.973. The number of hydrogen-bond donors (Lipinski definition) is 1. The minimum Gasteiger partial charge on any atom is -0.316 e. The van der Waals surface area contributed by atoms with Crippen molar-refractivity contribution in [1.29, 1.82) is 0 Å². The van der Waals surface area contributed by atoms with Crippen LogP contribution in [0.15, 0.2) is 0 Å². The Bertz CT molecular complexity index is 50.0. The van der Waals surface area contributed by atoms with Crippen LogP contribution in [-0.2, 0) is 0 Å². The van der Waals surface area contributed by atoms with E-state index in [0.717, 1.165) is 5.92 Å². The second-order valence-electron chi connectivity index (χ2n) is 2.01. The molecule has 1 aliphatic rings. The third kappa shape index (κ3) is 1.57. The van der Waals surface area contributed by atoms with Gasteiger partial charge >= 0.3 is 0 Å². The molecule has 1 fully saturated rings. The molecule has 1 N–H and O–H groups in total. The van der Waals surface area contributed by atoms with Gasteiger partial charge in [0.05, 0.1) is 0 Å². The Morgan fingerprint density at radius 1 is 1.71 bits per heavy atom. The summed E-state index contributed by atoms with van der Waals surface area (Å²) in [5.74, 6) is 0.973. The average molecular weight is 211 g/mol. The smallest absolute Gasteiger partial charge is 0.00362 e. The SMILES string of the molecule is IC[C@H]1CCNC1. The number of halogens is 1. The van der Waals surface area contributed by atoms with Gasteiger partial charge < -0.3 is 5.32 Å². The van der Waals surface area contributed by atoms with Crippen molar-refractivity contribution in [1.82, 2.24) is 5.32 Å². The fourth-order valence-corrected chi connectivity index (χ4v) is 1.60. The van der Waals surface area contributed by atoms with E-state index in [1.165, 1.54) is 23.9 Å². The maximum Gasteiger partial charge on any atom is 0.00362 e. The molecule has 0 unspecified atom stereocenters. The highest BCUT2D eigenvalue weighted by molar-refractivity contribution is 14.1. The molecule has 1 atom stereocenters. The number of rotatable bonds is 1. The van der Waals surface area contributed by atoms with Gasteiger partial charge in [-0.2, -0.15) is 0 Å². The molecule has 1 nitrogen and oxygen atoms in total. The van der Waals surface area contributed by atoms with Gasteiger partial charge in [-0.1, -0.05) is 22.6 Å². The van der Waals surface area contributed by atoms with E-state index in [-0.39, 0.29) is 0 Å². The van der Waals surface area contributed by atoms with Crippen LogP contribution in [0.1, 0.15) is 6.42 Å². The molecule has 1 aliphatic heterocycles. The predicted octanol–water partition coefficient (Wildman–Crippen LogP) is 1.03. The molecule has 1 heterocycles. The zero-order chi connectivity index (χ0) is 5.11. The molecule has 0 saturated carbocycles. The molecule has 2 heteroatoms. The van der Waals surface area contributed by atoms with Gasteiger partial charge in [0.1, 0.15) is 0 Å². The topological polar surface area (TPSA) is 12.0 Å². The maximum absolute atomic E-state index is 3.32. The molecule has 0 bridgehead atoms. The van der Waals surface area contributed by atoms with Crippen molar-refractivity contribution in [3.8, 4) is 0 Å². The van der Waals surface area contributed by atoms with Crippen LogP contribution in [0.25, 0.3) is 0 Å². The summed E-state index contributed by atoms with van der Waals surface area (Å²) >= 11 is 2.45. The third-order valence-electron chi connectivity index (χ3n) is 1.38. The van der Waals surface area contributed by atoms with E-state index < -0.39 is 0 Å². The van der Waals surface area contributed by atoms with Crippen LogP contribution in [-0.4, -0.2) is 17.5 Å². The van der Waals surface area contributed by atoms with Gasteiger partial charge in [0, 0.05) is 4.43 Å². The van der Waals surface area contributed by atoms with Crippen molar-refractivity contribution in [2.24, 2.45) is 5.92 Å². The molecular weight excluding hydrogens is 201 g/mol. The zero-order valence-electron chi connectivity index (χ0n) is 4.28. The van der Waals surface area contributed by atoms with E-state index in [2.05, 4.69) is 27.9 Å². The molecule has 0 aromatic rings. The van der Waals surface area contributed by atoms with Crippen LogP contribution in [0.5, 0.6) is 0 Å². The Balaban J connectivity index is 2.14. The Morgan fingerprint density at radius 3 is 2.86 bits per heavy atom. The summed E-state index contributed by atoms with van der Waals surface area (Å²) < 4.78 is 1.32. The minimum absolute atomic E-state index is 0.973. The highest BCUT2D eigenvalue weighted by Crippen LogP contribution is 2.09. The van der Waals surface area contributed by atoms with Crippen LogP contribution >= 0.6 is 22.6 Å². The third-order valence-corrected chi connectivity index (χ3v) is 2.63. The van der Waals surface area contributed by atoms with Crippen molar-refractivity contribution in [2.75, 3.05) is 17.5 Å². The summed E-state index contributed by atoms with van der Waals surface area (Å²) in [6.45, 7) is 2.50. The molecule has 0 radical (unpaired) electrons. The summed E-state index contributed by atoms with van der Waals surface area (Å²) in [4.78, 5) is 0. The van der Waals surface area contributed by atoms with Gasteiger partial charge in [-0.05, 0) is 25.4 Å². The second-order valence-corrected chi connectivity index (χ2v) is 2.89. The van der Waals surface area contributed by atoms with Gasteiger partial charge in [0.15, 0.2) is 0 Å². The highest BCUT2D eigenvalue weighted by Gasteiger charge is 2.11. The van der Waals surface area contributed by atoms with Gasteiger partial charge in [0.25, 0.3) is 0 Å². The van der Waals surface area contributed by atoms with Crippen molar-refractivity contribution in [3.05, 3.63) is 0 Å². The number of hydrogen-bond acceptors (Lipinski definition) is 1. The summed E-state index contributed by atoms with van der Waals surface area (Å²) in [6, 6.07) is 0. The highest BCUT2D eigenvalue weighted by atomic mass is 127. The number of alkyl halides is 1. The summed E-state index contributed by atoms with van der Waals surface area (Å²) in [6.07, 6.45) is 1.39. The standard InChI is InChI=1S/C5H10IN/c6-3-5-1-2-7-4-5/h5,7H,1-4H2/t5-/m1/s1. The van der Waals surface area contributed by atoms with Crippen LogP contribution in [0.4, 0.5) is 0 Å². The monoisotopic (exact) mass is 211 g/mol. The Kier molecular flexibility index (Phi) is 2.38. The largest absolute Gasteiger partial charge is 0.316 e. The molecule has 0 aromatic carbocycles. The first-order valence-electron chi connectivity index (χ1n) is 2.70. The first-order chi connectivity index (χ1) is 3.43. The summed E-state index contributed by atoms with van der Waals surface area (Å²) in [7, 11) is 0. The van der Waals surface area contributed by atoms with E-state index in [0.29, 0.717) is 0 Å². The fourth-order valence-electron chi connectivity index (χ4n) is 0.846. The molecule has 0 amide bonds. The molecule has 0 aliphatic carbocycles. The zero-order valence-corrected chi connectivity index (χ0v) is 6.44. The molecule has 42 valence electrons. The predicted molar refractivity (Wildman–Crippen MR) is 39.9 cm³/mol. The lowest BCUT2D eigenvalue weighted by atomic mass is 10.2. The molecule has 0 spiro atoms. The van der Waals surface area contributed by atoms with Crippen molar-refractivity contribution < 1.29 is 0 Å². The van der Waals surface area contributed by atoms with E-state index in [1.807, 2.05) is 0 Å². The van der Waals surface area contributed by atoms with E-state index in [9.17, 15) is 0 Å². The molecule has 0 aromatic heterocycles. The molecule has 1 saturated heterocycles. The van der Waals surface area contributed by atoms with E-state index >= 15 is 0 Å². The van der Waals surface area contributed by atoms with E-state index in [1.54, 1.807) is 0 Å². The first-order valence-corrected chi connectivity index (χ1v) is 4.22. The van der Waals surface area contributed by atoms with E-state index in [4.69, 9.17) is 0 Å². The lowest BCUT2D eigenvalue weighted by Gasteiger charge is -1.97. The Morgan fingerprint density at radius 2 is 2.57 bits per heavy atom.